The number of hydrogen-bond acceptors (Lipinski definition) is 2. The Balaban J connectivity index is 2.28. The fourth-order valence-corrected chi connectivity index (χ4v) is 4.66. The van der Waals surface area contributed by atoms with Gasteiger partial charge >= 0.3 is 0 Å². The summed E-state index contributed by atoms with van der Waals surface area (Å²) in [4.78, 5) is 0. The van der Waals surface area contributed by atoms with Gasteiger partial charge in [-0.05, 0) is 43.0 Å². The topological polar surface area (TPSA) is 18.5 Å². The highest BCUT2D eigenvalue weighted by atomic mass is 28.3. The summed E-state index contributed by atoms with van der Waals surface area (Å²) in [6, 6.07) is 10.9. The second-order valence-corrected chi connectivity index (χ2v) is 8.01. The maximum atomic E-state index is 6.16. The van der Waals surface area contributed by atoms with Crippen molar-refractivity contribution in [1.82, 2.24) is 0 Å². The summed E-state index contributed by atoms with van der Waals surface area (Å²) in [5.41, 5.74) is 2.62. The van der Waals surface area contributed by atoms with E-state index < -0.39 is 9.04 Å². The van der Waals surface area contributed by atoms with Crippen LogP contribution in [0.1, 0.15) is 37.8 Å². The van der Waals surface area contributed by atoms with Crippen LogP contribution in [0.25, 0.3) is 6.08 Å². The molecule has 0 aliphatic rings. The molecule has 1 aromatic rings. The predicted octanol–water partition coefficient (Wildman–Crippen LogP) is 4.45. The Morgan fingerprint density at radius 3 is 2.67 bits per heavy atom. The maximum Gasteiger partial charge on any atom is 0.179 e. The minimum atomic E-state index is -1.06. The molecule has 0 saturated carbocycles. The highest BCUT2D eigenvalue weighted by molar-refractivity contribution is 6.51. The van der Waals surface area contributed by atoms with E-state index in [1.807, 2.05) is 13.0 Å². The number of benzene rings is 1. The van der Waals surface area contributed by atoms with E-state index in [4.69, 9.17) is 9.16 Å². The molecule has 2 nitrogen and oxygen atoms in total. The fraction of sp³-hybridized carbons (Fsp3) is 0.556. The average molecular weight is 307 g/mol. The van der Waals surface area contributed by atoms with Gasteiger partial charge in [0.05, 0.1) is 0 Å². The van der Waals surface area contributed by atoms with Crippen LogP contribution in [0.2, 0.25) is 12.1 Å². The summed E-state index contributed by atoms with van der Waals surface area (Å²) in [6.45, 7) is 10.7. The molecular weight excluding hydrogens is 276 g/mol. The smallest absolute Gasteiger partial charge is 0.179 e. The lowest BCUT2D eigenvalue weighted by molar-refractivity contribution is 0.157. The molecule has 1 unspecified atom stereocenters. The van der Waals surface area contributed by atoms with Gasteiger partial charge in [-0.1, -0.05) is 50.3 Å². The predicted molar refractivity (Wildman–Crippen MR) is 94.4 cm³/mol. The van der Waals surface area contributed by atoms with Crippen LogP contribution in [0, 0.1) is 0 Å². The fourth-order valence-electron chi connectivity index (χ4n) is 2.47. The van der Waals surface area contributed by atoms with Gasteiger partial charge in [0.1, 0.15) is 0 Å². The van der Waals surface area contributed by atoms with Crippen molar-refractivity contribution in [3.8, 4) is 0 Å². The highest BCUT2D eigenvalue weighted by Gasteiger charge is 2.10. The standard InChI is InChI=1S/C18H30O2Si/c1-4-15-21(16-14-19-6-3)20-13-9-12-18-11-8-7-10-17(18)5-2/h5,7-8,10-11,21H,2,4,6,9,12-16H2,1,3H3. The van der Waals surface area contributed by atoms with Crippen LogP contribution in [0.3, 0.4) is 0 Å². The third-order valence-electron chi connectivity index (χ3n) is 3.62. The van der Waals surface area contributed by atoms with E-state index in [1.54, 1.807) is 0 Å². The second-order valence-electron chi connectivity index (χ2n) is 5.27. The second kappa shape index (κ2) is 11.7. The lowest BCUT2D eigenvalue weighted by Gasteiger charge is -2.16. The van der Waals surface area contributed by atoms with E-state index >= 15 is 0 Å². The molecule has 0 heterocycles. The number of ether oxygens (including phenoxy) is 1. The summed E-state index contributed by atoms with van der Waals surface area (Å²) in [6.07, 6.45) is 5.32. The third-order valence-corrected chi connectivity index (χ3v) is 6.43. The van der Waals surface area contributed by atoms with Crippen LogP contribution < -0.4 is 0 Å². The third kappa shape index (κ3) is 7.60. The molecule has 0 amide bonds. The van der Waals surface area contributed by atoms with Crippen LogP contribution in [0.4, 0.5) is 0 Å². The first-order chi connectivity index (χ1) is 10.3. The van der Waals surface area contributed by atoms with Crippen molar-refractivity contribution in [3.63, 3.8) is 0 Å². The van der Waals surface area contributed by atoms with E-state index in [2.05, 4.69) is 37.8 Å². The van der Waals surface area contributed by atoms with Gasteiger partial charge in [0.25, 0.3) is 0 Å². The number of hydrogen-bond donors (Lipinski definition) is 0. The molecule has 0 fully saturated rings. The van der Waals surface area contributed by atoms with Crippen LogP contribution in [0.15, 0.2) is 30.8 Å². The SMILES string of the molecule is C=Cc1ccccc1CCCO[SiH](CCC)CCOCC. The molecule has 0 N–H and O–H groups in total. The van der Waals surface area contributed by atoms with Gasteiger partial charge < -0.3 is 9.16 Å². The van der Waals surface area contributed by atoms with Gasteiger partial charge in [-0.2, -0.15) is 0 Å². The van der Waals surface area contributed by atoms with Crippen molar-refractivity contribution in [2.24, 2.45) is 0 Å². The molecule has 1 aromatic carbocycles. The van der Waals surface area contributed by atoms with Crippen molar-refractivity contribution in [2.75, 3.05) is 19.8 Å². The quantitative estimate of drug-likeness (QED) is 0.419. The zero-order chi connectivity index (χ0) is 15.3. The monoisotopic (exact) mass is 306 g/mol. The first-order valence-corrected chi connectivity index (χ1v) is 10.3. The lowest BCUT2D eigenvalue weighted by atomic mass is 10.0. The van der Waals surface area contributed by atoms with E-state index in [0.29, 0.717) is 0 Å². The first kappa shape index (κ1) is 18.1. The molecule has 21 heavy (non-hydrogen) atoms. The summed E-state index contributed by atoms with van der Waals surface area (Å²) >= 11 is 0. The van der Waals surface area contributed by atoms with Crippen LogP contribution in [-0.4, -0.2) is 28.9 Å². The average Bonchev–Trinajstić information content (AvgIpc) is 2.52. The first-order valence-electron chi connectivity index (χ1n) is 8.21. The molecule has 118 valence electrons. The van der Waals surface area contributed by atoms with E-state index in [0.717, 1.165) is 38.7 Å². The molecule has 0 aliphatic heterocycles. The molecular formula is C18H30O2Si. The van der Waals surface area contributed by atoms with Gasteiger partial charge in [0.2, 0.25) is 0 Å². The van der Waals surface area contributed by atoms with Crippen molar-refractivity contribution in [3.05, 3.63) is 42.0 Å². The molecule has 1 rings (SSSR count). The molecule has 0 aromatic heterocycles. The number of rotatable bonds is 12. The van der Waals surface area contributed by atoms with Crippen molar-refractivity contribution in [2.45, 2.75) is 45.2 Å². The Labute approximate surface area is 131 Å². The normalized spacial score (nSPS) is 12.3. The Morgan fingerprint density at radius 2 is 1.95 bits per heavy atom. The number of aryl methyl sites for hydroxylation is 1. The van der Waals surface area contributed by atoms with Crippen LogP contribution in [-0.2, 0) is 15.6 Å². The molecule has 0 saturated heterocycles. The minimum Gasteiger partial charge on any atom is -0.420 e. The van der Waals surface area contributed by atoms with Gasteiger partial charge in [-0.25, -0.2) is 0 Å². The molecule has 3 heteroatoms. The Kier molecular flexibility index (Phi) is 10.1. The molecule has 1 atom stereocenters. The largest absolute Gasteiger partial charge is 0.420 e. The van der Waals surface area contributed by atoms with Crippen molar-refractivity contribution in [1.29, 1.82) is 0 Å². The summed E-state index contributed by atoms with van der Waals surface area (Å²) in [5.74, 6) is 0. The van der Waals surface area contributed by atoms with Crippen molar-refractivity contribution < 1.29 is 9.16 Å². The zero-order valence-corrected chi connectivity index (χ0v) is 14.8. The van der Waals surface area contributed by atoms with Gasteiger partial charge in [-0.15, -0.1) is 0 Å². The Bertz CT molecular complexity index is 393. The van der Waals surface area contributed by atoms with E-state index in [-0.39, 0.29) is 0 Å². The highest BCUT2D eigenvalue weighted by Crippen LogP contribution is 2.13. The Morgan fingerprint density at radius 1 is 1.14 bits per heavy atom. The molecule has 0 spiro atoms. The molecule has 0 bridgehead atoms. The lowest BCUT2D eigenvalue weighted by Crippen LogP contribution is -2.20. The maximum absolute atomic E-state index is 6.16. The van der Waals surface area contributed by atoms with Crippen LogP contribution in [0.5, 0.6) is 0 Å². The van der Waals surface area contributed by atoms with E-state index in [9.17, 15) is 0 Å². The summed E-state index contributed by atoms with van der Waals surface area (Å²) in [7, 11) is -1.06. The summed E-state index contributed by atoms with van der Waals surface area (Å²) in [5, 5.41) is 0. The minimum absolute atomic E-state index is 0.811. The van der Waals surface area contributed by atoms with Crippen molar-refractivity contribution >= 4 is 15.1 Å². The Hall–Kier alpha value is -0.903. The van der Waals surface area contributed by atoms with Crippen LogP contribution >= 0.6 is 0 Å². The van der Waals surface area contributed by atoms with Gasteiger partial charge in [0.15, 0.2) is 9.04 Å². The molecule has 0 aliphatic carbocycles. The van der Waals surface area contributed by atoms with Gasteiger partial charge in [0, 0.05) is 19.8 Å². The summed E-state index contributed by atoms with van der Waals surface area (Å²) < 4.78 is 11.6. The van der Waals surface area contributed by atoms with E-state index in [1.165, 1.54) is 23.6 Å². The zero-order valence-electron chi connectivity index (χ0n) is 13.6. The molecule has 0 radical (unpaired) electrons. The van der Waals surface area contributed by atoms with Gasteiger partial charge in [-0.3, -0.25) is 0 Å².